The molecule has 0 fully saturated rings. The number of halogens is 4. The average molecular weight is 378 g/mol. The van der Waals surface area contributed by atoms with E-state index in [1.165, 1.54) is 0 Å². The number of aromatic carboxylic acids is 1. The summed E-state index contributed by atoms with van der Waals surface area (Å²) in [7, 11) is 0. The van der Waals surface area contributed by atoms with Gasteiger partial charge in [0, 0.05) is 6.20 Å². The summed E-state index contributed by atoms with van der Waals surface area (Å²) in [4.78, 5) is 14.3. The zero-order chi connectivity index (χ0) is 10.9. The second kappa shape index (κ2) is 4.47. The number of pyridine rings is 1. The molecule has 0 radical (unpaired) electrons. The number of alkyl halides is 2. The Bertz CT molecular complexity index is 386. The monoisotopic (exact) mass is 377 g/mol. The van der Waals surface area contributed by atoms with Gasteiger partial charge < -0.3 is 5.11 Å². The first-order valence-corrected chi connectivity index (χ1v) is 5.17. The second-order valence-electron chi connectivity index (χ2n) is 2.30. The first-order chi connectivity index (χ1) is 6.45. The van der Waals surface area contributed by atoms with Crippen LogP contribution in [0.3, 0.4) is 0 Å². The molecule has 1 N–H and O–H groups in total. The van der Waals surface area contributed by atoms with Crippen LogP contribution in [0.1, 0.15) is 22.3 Å². The van der Waals surface area contributed by atoms with Crippen LogP contribution in [0.4, 0.5) is 8.78 Å². The van der Waals surface area contributed by atoms with Crippen molar-refractivity contribution in [3.63, 3.8) is 0 Å². The van der Waals surface area contributed by atoms with Crippen LogP contribution in [0.15, 0.2) is 10.7 Å². The van der Waals surface area contributed by atoms with Gasteiger partial charge in [0.15, 0.2) is 0 Å². The highest BCUT2D eigenvalue weighted by Gasteiger charge is 2.23. The van der Waals surface area contributed by atoms with Crippen molar-refractivity contribution in [3.8, 4) is 0 Å². The summed E-state index contributed by atoms with van der Waals surface area (Å²) in [5.74, 6) is -1.41. The number of rotatable bonds is 2. The predicted octanol–water partition coefficient (Wildman–Crippen LogP) is 3.08. The molecule has 76 valence electrons. The first-order valence-electron chi connectivity index (χ1n) is 3.30. The lowest BCUT2D eigenvalue weighted by molar-refractivity contribution is 0.0683. The number of hydrogen-bond donors (Lipinski definition) is 1. The van der Waals surface area contributed by atoms with Crippen molar-refractivity contribution >= 4 is 44.5 Å². The van der Waals surface area contributed by atoms with Crippen molar-refractivity contribution in [2.75, 3.05) is 0 Å². The van der Waals surface area contributed by atoms with Gasteiger partial charge in [-0.05, 0) is 38.5 Å². The Morgan fingerprint density at radius 1 is 1.64 bits per heavy atom. The zero-order valence-electron chi connectivity index (χ0n) is 6.47. The Kier molecular flexibility index (Phi) is 3.76. The van der Waals surface area contributed by atoms with Crippen LogP contribution in [0, 0.1) is 3.70 Å². The van der Waals surface area contributed by atoms with Crippen molar-refractivity contribution in [3.05, 3.63) is 25.5 Å². The maximum Gasteiger partial charge on any atom is 0.337 e. The molecule has 3 nitrogen and oxygen atoms in total. The van der Waals surface area contributed by atoms with E-state index in [0.717, 1.165) is 6.20 Å². The number of carboxylic acids is 1. The number of carbonyl (C=O) groups is 1. The lowest BCUT2D eigenvalue weighted by Crippen LogP contribution is -2.06. The smallest absolute Gasteiger partial charge is 0.337 e. The van der Waals surface area contributed by atoms with Gasteiger partial charge in [-0.2, -0.15) is 0 Å². The summed E-state index contributed by atoms with van der Waals surface area (Å²) in [5.41, 5.74) is -1.01. The molecule has 1 rings (SSSR count). The maximum atomic E-state index is 12.5. The minimum Gasteiger partial charge on any atom is -0.478 e. The van der Waals surface area contributed by atoms with Crippen LogP contribution in [0.25, 0.3) is 0 Å². The summed E-state index contributed by atoms with van der Waals surface area (Å²) in [6.07, 6.45) is -1.91. The van der Waals surface area contributed by atoms with Gasteiger partial charge in [-0.1, -0.05) is 0 Å². The molecule has 0 amide bonds. The molecule has 14 heavy (non-hydrogen) atoms. The molecule has 0 aliphatic carbocycles. The molecule has 0 aromatic carbocycles. The lowest BCUT2D eigenvalue weighted by Gasteiger charge is -2.07. The summed E-state index contributed by atoms with van der Waals surface area (Å²) in [6.45, 7) is 0. The molecule has 1 aromatic heterocycles. The van der Waals surface area contributed by atoms with E-state index in [2.05, 4.69) is 20.9 Å². The Morgan fingerprint density at radius 2 is 2.21 bits per heavy atom. The minimum absolute atomic E-state index is 0.0352. The topological polar surface area (TPSA) is 50.2 Å². The molecule has 0 unspecified atom stereocenters. The van der Waals surface area contributed by atoms with E-state index < -0.39 is 23.5 Å². The largest absolute Gasteiger partial charge is 0.478 e. The molecular formula is C7H3BrF2INO2. The fourth-order valence-electron chi connectivity index (χ4n) is 0.861. The highest BCUT2D eigenvalue weighted by molar-refractivity contribution is 14.1. The van der Waals surface area contributed by atoms with Gasteiger partial charge in [-0.25, -0.2) is 18.6 Å². The van der Waals surface area contributed by atoms with Gasteiger partial charge in [-0.3, -0.25) is 0 Å². The van der Waals surface area contributed by atoms with E-state index in [9.17, 15) is 13.6 Å². The Balaban J connectivity index is 3.45. The molecule has 1 heterocycles. The Hall–Kier alpha value is -0.310. The maximum absolute atomic E-state index is 12.5. The normalized spacial score (nSPS) is 10.6. The van der Waals surface area contributed by atoms with Crippen LogP contribution in [0.5, 0.6) is 0 Å². The lowest BCUT2D eigenvalue weighted by atomic mass is 10.1. The quantitative estimate of drug-likeness (QED) is 0.636. The second-order valence-corrected chi connectivity index (χ2v) is 4.11. The highest BCUT2D eigenvalue weighted by Crippen LogP contribution is 2.32. The first kappa shape index (κ1) is 11.8. The van der Waals surface area contributed by atoms with Crippen LogP contribution in [-0.2, 0) is 0 Å². The fourth-order valence-corrected chi connectivity index (χ4v) is 1.78. The number of nitrogens with zero attached hydrogens (tertiary/aromatic N) is 1. The third-order valence-corrected chi connectivity index (χ3v) is 3.83. The van der Waals surface area contributed by atoms with E-state index in [4.69, 9.17) is 5.11 Å². The van der Waals surface area contributed by atoms with Crippen LogP contribution < -0.4 is 0 Å². The van der Waals surface area contributed by atoms with Gasteiger partial charge in [0.2, 0.25) is 0 Å². The molecule has 0 atom stereocenters. The molecule has 0 aliphatic rings. The highest BCUT2D eigenvalue weighted by atomic mass is 127. The third-order valence-electron chi connectivity index (χ3n) is 1.46. The number of carboxylic acid groups (broad SMARTS) is 1. The predicted molar refractivity (Wildman–Crippen MR) is 56.6 cm³/mol. The van der Waals surface area contributed by atoms with Gasteiger partial charge >= 0.3 is 5.97 Å². The molecule has 1 aromatic rings. The summed E-state index contributed by atoms with van der Waals surface area (Å²) in [5, 5.41) is 8.63. The third kappa shape index (κ3) is 2.19. The van der Waals surface area contributed by atoms with E-state index in [0.29, 0.717) is 3.70 Å². The van der Waals surface area contributed by atoms with Crippen molar-refractivity contribution in [1.82, 2.24) is 4.98 Å². The fraction of sp³-hybridized carbons (Fsp3) is 0.143. The molecule has 0 saturated carbocycles. The van der Waals surface area contributed by atoms with E-state index in [1.54, 1.807) is 22.6 Å². The number of hydrogen-bond acceptors (Lipinski definition) is 2. The number of aromatic nitrogens is 1. The molecule has 0 saturated heterocycles. The van der Waals surface area contributed by atoms with Crippen molar-refractivity contribution in [1.29, 1.82) is 0 Å². The van der Waals surface area contributed by atoms with E-state index in [1.807, 2.05) is 0 Å². The summed E-state index contributed by atoms with van der Waals surface area (Å²) >= 11 is 4.63. The minimum atomic E-state index is -2.84. The zero-order valence-corrected chi connectivity index (χ0v) is 10.2. The molecule has 0 aliphatic heterocycles. The van der Waals surface area contributed by atoms with Crippen molar-refractivity contribution in [2.45, 2.75) is 6.43 Å². The molecule has 0 spiro atoms. The summed E-state index contributed by atoms with van der Waals surface area (Å²) < 4.78 is 25.4. The molecular weight excluding hydrogens is 375 g/mol. The standard InChI is InChI=1S/C7H3BrF2INO2/c8-4-3(5(9)10)2(7(13)14)1-12-6(4)11/h1,5H,(H,13,14). The van der Waals surface area contributed by atoms with Crippen LogP contribution >= 0.6 is 38.5 Å². The molecule has 0 bridgehead atoms. The van der Waals surface area contributed by atoms with E-state index >= 15 is 0 Å². The van der Waals surface area contributed by atoms with Crippen LogP contribution in [0.2, 0.25) is 0 Å². The van der Waals surface area contributed by atoms with Crippen molar-refractivity contribution < 1.29 is 18.7 Å². The Morgan fingerprint density at radius 3 is 2.64 bits per heavy atom. The van der Waals surface area contributed by atoms with Crippen molar-refractivity contribution in [2.24, 2.45) is 0 Å². The van der Waals surface area contributed by atoms with E-state index in [-0.39, 0.29) is 4.47 Å². The molecule has 7 heteroatoms. The Labute approximate surface area is 99.8 Å². The van der Waals surface area contributed by atoms with Gasteiger partial charge in [-0.15, -0.1) is 0 Å². The average Bonchev–Trinajstić information content (AvgIpc) is 2.08. The van der Waals surface area contributed by atoms with Gasteiger partial charge in [0.05, 0.1) is 15.6 Å². The van der Waals surface area contributed by atoms with Crippen LogP contribution in [-0.4, -0.2) is 16.1 Å². The van der Waals surface area contributed by atoms with Gasteiger partial charge in [0.25, 0.3) is 6.43 Å². The SMILES string of the molecule is O=C(O)c1cnc(I)c(Br)c1C(F)F. The van der Waals surface area contributed by atoms with Gasteiger partial charge in [0.1, 0.15) is 3.70 Å². The summed E-state index contributed by atoms with van der Waals surface area (Å²) in [6, 6.07) is 0.